The van der Waals surface area contributed by atoms with E-state index in [1.807, 2.05) is 0 Å². The van der Waals surface area contributed by atoms with Crippen molar-refractivity contribution in [2.24, 2.45) is 0 Å². The Balaban J connectivity index is 1.41. The van der Waals surface area contributed by atoms with Crippen LogP contribution in [0.25, 0.3) is 5.69 Å². The van der Waals surface area contributed by atoms with Crippen LogP contribution >= 0.6 is 11.6 Å². The summed E-state index contributed by atoms with van der Waals surface area (Å²) < 4.78 is 17.0. The highest BCUT2D eigenvalue weighted by Crippen LogP contribution is 2.32. The van der Waals surface area contributed by atoms with Gasteiger partial charge in [-0.3, -0.25) is 4.79 Å². The fraction of sp³-hybridized carbons (Fsp3) is 0.111. The van der Waals surface area contributed by atoms with Crippen LogP contribution in [0.2, 0.25) is 5.02 Å². The molecule has 1 aromatic heterocycles. The molecule has 2 heterocycles. The van der Waals surface area contributed by atoms with E-state index >= 15 is 0 Å². The van der Waals surface area contributed by atoms with Crippen LogP contribution in [-0.4, -0.2) is 40.0 Å². The Morgan fingerprint density at radius 1 is 1.18 bits per heavy atom. The Morgan fingerprint density at radius 2 is 2.04 bits per heavy atom. The molecule has 1 N–H and O–H groups in total. The number of aromatic nitrogens is 3. The van der Waals surface area contributed by atoms with Gasteiger partial charge in [0.15, 0.2) is 18.1 Å². The summed E-state index contributed by atoms with van der Waals surface area (Å²) in [5.41, 5.74) is 1.22. The Hall–Kier alpha value is -3.59. The number of hydrogen-bond acceptors (Lipinski definition) is 7. The van der Waals surface area contributed by atoms with Crippen molar-refractivity contribution < 1.29 is 23.8 Å². The van der Waals surface area contributed by atoms with E-state index in [-0.39, 0.29) is 12.4 Å². The van der Waals surface area contributed by atoms with Crippen molar-refractivity contribution in [3.05, 3.63) is 59.6 Å². The third-order valence-corrected chi connectivity index (χ3v) is 4.08. The minimum absolute atomic E-state index is 0.101. The number of carbonyl (C=O) groups excluding carboxylic acids is 2. The normalized spacial score (nSPS) is 11.9. The zero-order valence-corrected chi connectivity index (χ0v) is 15.0. The Morgan fingerprint density at radius 3 is 2.86 bits per heavy atom. The van der Waals surface area contributed by atoms with Crippen molar-refractivity contribution in [1.29, 1.82) is 0 Å². The van der Waals surface area contributed by atoms with Gasteiger partial charge in [0.05, 0.1) is 16.9 Å². The standard InChI is InChI=1S/C18H13ClN4O5/c19-12-2-3-14(23-9-20-8-21-23)13(6-12)22-17(24)7-26-18(25)11-1-4-15-16(5-11)28-10-27-15/h1-6,8-9H,7,10H2,(H,22,24). The molecule has 0 atom stereocenters. The maximum absolute atomic E-state index is 12.2. The lowest BCUT2D eigenvalue weighted by molar-refractivity contribution is -0.119. The zero-order chi connectivity index (χ0) is 19.5. The average molecular weight is 401 g/mol. The minimum Gasteiger partial charge on any atom is -0.454 e. The van der Waals surface area contributed by atoms with Gasteiger partial charge in [0.1, 0.15) is 12.7 Å². The molecule has 9 nitrogen and oxygen atoms in total. The largest absolute Gasteiger partial charge is 0.454 e. The summed E-state index contributed by atoms with van der Waals surface area (Å²) >= 11 is 6.01. The van der Waals surface area contributed by atoms with Gasteiger partial charge in [-0.15, -0.1) is 0 Å². The van der Waals surface area contributed by atoms with Crippen LogP contribution in [0.15, 0.2) is 49.1 Å². The Bertz CT molecular complexity index is 1040. The molecular formula is C18H13ClN4O5. The molecule has 0 fully saturated rings. The van der Waals surface area contributed by atoms with E-state index in [4.69, 9.17) is 25.8 Å². The lowest BCUT2D eigenvalue weighted by Gasteiger charge is -2.11. The number of amides is 1. The summed E-state index contributed by atoms with van der Waals surface area (Å²) in [6, 6.07) is 9.56. The number of rotatable bonds is 5. The number of ether oxygens (including phenoxy) is 3. The van der Waals surface area contributed by atoms with Crippen molar-refractivity contribution in [2.45, 2.75) is 0 Å². The van der Waals surface area contributed by atoms with Crippen molar-refractivity contribution in [3.8, 4) is 17.2 Å². The molecule has 1 amide bonds. The lowest BCUT2D eigenvalue weighted by atomic mass is 10.2. The monoisotopic (exact) mass is 400 g/mol. The number of carbonyl (C=O) groups is 2. The fourth-order valence-corrected chi connectivity index (χ4v) is 2.74. The molecule has 1 aliphatic heterocycles. The minimum atomic E-state index is -0.656. The molecule has 0 aliphatic carbocycles. The molecule has 3 aromatic rings. The van der Waals surface area contributed by atoms with Crippen LogP contribution in [0, 0.1) is 0 Å². The average Bonchev–Trinajstić information content (AvgIpc) is 3.37. The lowest BCUT2D eigenvalue weighted by Crippen LogP contribution is -2.21. The van der Waals surface area contributed by atoms with Gasteiger partial charge in [-0.2, -0.15) is 5.10 Å². The predicted molar refractivity (Wildman–Crippen MR) is 97.8 cm³/mol. The molecule has 0 spiro atoms. The Kier molecular flexibility index (Phi) is 4.81. The van der Waals surface area contributed by atoms with Crippen LogP contribution in [0.4, 0.5) is 5.69 Å². The molecular weight excluding hydrogens is 388 g/mol. The third-order valence-electron chi connectivity index (χ3n) is 3.84. The van der Waals surface area contributed by atoms with Gasteiger partial charge in [-0.25, -0.2) is 14.5 Å². The van der Waals surface area contributed by atoms with E-state index in [9.17, 15) is 9.59 Å². The molecule has 0 unspecified atom stereocenters. The number of benzene rings is 2. The first kappa shape index (κ1) is 17.8. The van der Waals surface area contributed by atoms with Gasteiger partial charge >= 0.3 is 5.97 Å². The third kappa shape index (κ3) is 3.74. The number of esters is 1. The van der Waals surface area contributed by atoms with Gasteiger partial charge in [-0.1, -0.05) is 11.6 Å². The quantitative estimate of drug-likeness (QED) is 0.656. The number of nitrogens with one attached hydrogen (secondary N) is 1. The second-order valence-electron chi connectivity index (χ2n) is 5.69. The molecule has 0 saturated carbocycles. The number of halogens is 1. The first-order chi connectivity index (χ1) is 13.6. The molecule has 142 valence electrons. The maximum Gasteiger partial charge on any atom is 0.338 e. The highest BCUT2D eigenvalue weighted by atomic mass is 35.5. The summed E-state index contributed by atoms with van der Waals surface area (Å²) in [5.74, 6) is -0.181. The topological polar surface area (TPSA) is 105 Å². The van der Waals surface area contributed by atoms with Gasteiger partial charge < -0.3 is 19.5 Å². The van der Waals surface area contributed by atoms with Crippen molar-refractivity contribution in [3.63, 3.8) is 0 Å². The molecule has 4 rings (SSSR count). The number of anilines is 1. The van der Waals surface area contributed by atoms with Gasteiger partial charge in [0.25, 0.3) is 5.91 Å². The fourth-order valence-electron chi connectivity index (χ4n) is 2.57. The maximum atomic E-state index is 12.2. The summed E-state index contributed by atoms with van der Waals surface area (Å²) in [6.07, 6.45) is 2.85. The van der Waals surface area contributed by atoms with E-state index < -0.39 is 18.5 Å². The summed E-state index contributed by atoms with van der Waals surface area (Å²) in [4.78, 5) is 28.3. The van der Waals surface area contributed by atoms with Crippen molar-refractivity contribution >= 4 is 29.2 Å². The van der Waals surface area contributed by atoms with Crippen LogP contribution in [0.1, 0.15) is 10.4 Å². The number of hydrogen-bond donors (Lipinski definition) is 1. The van der Waals surface area contributed by atoms with Gasteiger partial charge in [0.2, 0.25) is 6.79 Å². The van der Waals surface area contributed by atoms with Crippen LogP contribution in [-0.2, 0) is 9.53 Å². The molecule has 0 saturated heterocycles. The highest BCUT2D eigenvalue weighted by Gasteiger charge is 2.18. The van der Waals surface area contributed by atoms with E-state index in [0.717, 1.165) is 0 Å². The molecule has 0 bridgehead atoms. The smallest absolute Gasteiger partial charge is 0.338 e. The SMILES string of the molecule is O=C(COC(=O)c1ccc2c(c1)OCO2)Nc1cc(Cl)ccc1-n1cncn1. The summed E-state index contributed by atoms with van der Waals surface area (Å²) in [7, 11) is 0. The van der Waals surface area contributed by atoms with Gasteiger partial charge in [-0.05, 0) is 36.4 Å². The van der Waals surface area contributed by atoms with E-state index in [2.05, 4.69) is 15.4 Å². The van der Waals surface area contributed by atoms with E-state index in [0.29, 0.717) is 27.9 Å². The van der Waals surface area contributed by atoms with Gasteiger partial charge in [0, 0.05) is 5.02 Å². The van der Waals surface area contributed by atoms with Crippen LogP contribution in [0.3, 0.4) is 0 Å². The highest BCUT2D eigenvalue weighted by molar-refractivity contribution is 6.31. The predicted octanol–water partition coefficient (Wildman–Crippen LogP) is 2.44. The first-order valence-corrected chi connectivity index (χ1v) is 8.49. The molecule has 2 aromatic carbocycles. The van der Waals surface area contributed by atoms with Crippen molar-refractivity contribution in [1.82, 2.24) is 14.8 Å². The zero-order valence-electron chi connectivity index (χ0n) is 14.3. The molecule has 10 heteroatoms. The molecule has 28 heavy (non-hydrogen) atoms. The van der Waals surface area contributed by atoms with Crippen LogP contribution < -0.4 is 14.8 Å². The summed E-state index contributed by atoms with van der Waals surface area (Å²) in [6.45, 7) is -0.374. The first-order valence-electron chi connectivity index (χ1n) is 8.11. The molecule has 0 radical (unpaired) electrons. The number of nitrogens with zero attached hydrogens (tertiary/aromatic N) is 3. The van der Waals surface area contributed by atoms with Crippen molar-refractivity contribution in [2.75, 3.05) is 18.7 Å². The second-order valence-corrected chi connectivity index (χ2v) is 6.13. The van der Waals surface area contributed by atoms with Crippen LogP contribution in [0.5, 0.6) is 11.5 Å². The van der Waals surface area contributed by atoms with E-state index in [1.54, 1.807) is 24.3 Å². The second kappa shape index (κ2) is 7.57. The Labute approximate surface area is 163 Å². The van der Waals surface area contributed by atoms with E-state index in [1.165, 1.54) is 29.5 Å². The summed E-state index contributed by atoms with van der Waals surface area (Å²) in [5, 5.41) is 7.11. The number of fused-ring (bicyclic) bond motifs is 1. The molecule has 1 aliphatic rings.